The van der Waals surface area contributed by atoms with E-state index in [1.54, 1.807) is 25.3 Å². The molecule has 0 spiro atoms. The van der Waals surface area contributed by atoms with E-state index in [-0.39, 0.29) is 11.9 Å². The van der Waals surface area contributed by atoms with Crippen molar-refractivity contribution in [3.63, 3.8) is 0 Å². The van der Waals surface area contributed by atoms with Crippen LogP contribution in [0.3, 0.4) is 0 Å². The van der Waals surface area contributed by atoms with Gasteiger partial charge in [0.15, 0.2) is 0 Å². The number of nitrogens with zero attached hydrogens (tertiary/aromatic N) is 2. The summed E-state index contributed by atoms with van der Waals surface area (Å²) < 4.78 is 6.87. The normalized spacial score (nSPS) is 27.2. The highest BCUT2D eigenvalue weighted by molar-refractivity contribution is 5.59. The first-order valence-corrected chi connectivity index (χ1v) is 6.11. The maximum absolute atomic E-state index is 11.8. The minimum absolute atomic E-state index is 0.151. The second-order valence-corrected chi connectivity index (χ2v) is 4.51. The molecule has 2 rings (SSSR count). The molecule has 3 unspecified atom stereocenters. The van der Waals surface area contributed by atoms with Crippen molar-refractivity contribution in [1.29, 1.82) is 0 Å². The van der Waals surface area contributed by atoms with Gasteiger partial charge in [-0.3, -0.25) is 4.57 Å². The molecule has 7 heteroatoms. The maximum atomic E-state index is 11.8. The van der Waals surface area contributed by atoms with Crippen LogP contribution in [0.4, 0.5) is 5.82 Å². The summed E-state index contributed by atoms with van der Waals surface area (Å²) >= 11 is 0. The molecule has 1 aromatic rings. The molecular formula is C12H18N4O3. The summed E-state index contributed by atoms with van der Waals surface area (Å²) in [7, 11) is 0. The minimum Gasteiger partial charge on any atom is -0.390 e. The molecule has 3 atom stereocenters. The SMILES string of the molecule is CC1OC(n2cc(/C=C/CN)c(N)nc2=O)CC1O. The van der Waals surface area contributed by atoms with Gasteiger partial charge in [-0.1, -0.05) is 12.2 Å². The largest absolute Gasteiger partial charge is 0.390 e. The van der Waals surface area contributed by atoms with E-state index in [4.69, 9.17) is 16.2 Å². The third-order valence-corrected chi connectivity index (χ3v) is 3.11. The van der Waals surface area contributed by atoms with Crippen LogP contribution in [0.2, 0.25) is 0 Å². The van der Waals surface area contributed by atoms with E-state index < -0.39 is 18.0 Å². The van der Waals surface area contributed by atoms with Crippen LogP contribution in [0.1, 0.15) is 25.1 Å². The number of hydrogen-bond donors (Lipinski definition) is 3. The second kappa shape index (κ2) is 5.52. The van der Waals surface area contributed by atoms with Crippen LogP contribution in [0, 0.1) is 0 Å². The summed E-state index contributed by atoms with van der Waals surface area (Å²) in [6.45, 7) is 2.13. The van der Waals surface area contributed by atoms with Crippen molar-refractivity contribution in [2.75, 3.05) is 12.3 Å². The maximum Gasteiger partial charge on any atom is 0.351 e. The van der Waals surface area contributed by atoms with Crippen LogP contribution in [0.5, 0.6) is 0 Å². The summed E-state index contributed by atoms with van der Waals surface area (Å²) in [5, 5.41) is 9.67. The molecule has 1 aliphatic heterocycles. The van der Waals surface area contributed by atoms with E-state index in [0.717, 1.165) is 0 Å². The van der Waals surface area contributed by atoms with E-state index in [9.17, 15) is 9.90 Å². The number of aliphatic hydroxyl groups excluding tert-OH is 1. The molecular weight excluding hydrogens is 248 g/mol. The number of ether oxygens (including phenoxy) is 1. The third kappa shape index (κ3) is 2.83. The average molecular weight is 266 g/mol. The lowest BCUT2D eigenvalue weighted by Crippen LogP contribution is -2.28. The van der Waals surface area contributed by atoms with Gasteiger partial charge in [0.25, 0.3) is 0 Å². The average Bonchev–Trinajstić information content (AvgIpc) is 2.68. The van der Waals surface area contributed by atoms with Crippen LogP contribution >= 0.6 is 0 Å². The van der Waals surface area contributed by atoms with Crippen LogP contribution in [0.25, 0.3) is 6.08 Å². The first kappa shape index (κ1) is 13.7. The Kier molecular flexibility index (Phi) is 3.98. The zero-order valence-electron chi connectivity index (χ0n) is 10.7. The van der Waals surface area contributed by atoms with Crippen LogP contribution in [0.15, 0.2) is 17.1 Å². The second-order valence-electron chi connectivity index (χ2n) is 4.51. The van der Waals surface area contributed by atoms with Crippen LogP contribution in [-0.4, -0.2) is 33.4 Å². The van der Waals surface area contributed by atoms with Gasteiger partial charge in [0.05, 0.1) is 12.2 Å². The molecule has 5 N–H and O–H groups in total. The third-order valence-electron chi connectivity index (χ3n) is 3.11. The summed E-state index contributed by atoms with van der Waals surface area (Å²) in [6, 6.07) is 0. The van der Waals surface area contributed by atoms with Crippen molar-refractivity contribution >= 4 is 11.9 Å². The van der Waals surface area contributed by atoms with Gasteiger partial charge in [0.1, 0.15) is 12.0 Å². The number of aromatic nitrogens is 2. The predicted molar refractivity (Wildman–Crippen MR) is 71.2 cm³/mol. The summed E-state index contributed by atoms with van der Waals surface area (Å²) in [4.78, 5) is 15.6. The smallest absolute Gasteiger partial charge is 0.351 e. The zero-order chi connectivity index (χ0) is 14.0. The Labute approximate surface area is 110 Å². The zero-order valence-corrected chi connectivity index (χ0v) is 10.7. The van der Waals surface area contributed by atoms with Crippen molar-refractivity contribution < 1.29 is 9.84 Å². The van der Waals surface area contributed by atoms with Gasteiger partial charge < -0.3 is 21.3 Å². The highest BCUT2D eigenvalue weighted by atomic mass is 16.5. The van der Waals surface area contributed by atoms with Gasteiger partial charge in [-0.2, -0.15) is 4.98 Å². The molecule has 1 saturated heterocycles. The van der Waals surface area contributed by atoms with Crippen LogP contribution in [-0.2, 0) is 4.74 Å². The Hall–Kier alpha value is -1.70. The highest BCUT2D eigenvalue weighted by Crippen LogP contribution is 2.27. The molecule has 2 heterocycles. The summed E-state index contributed by atoms with van der Waals surface area (Å²) in [5.41, 5.74) is 11.2. The number of aliphatic hydroxyl groups is 1. The van der Waals surface area contributed by atoms with Gasteiger partial charge in [0.2, 0.25) is 0 Å². The summed E-state index contributed by atoms with van der Waals surface area (Å²) in [6.07, 6.45) is 3.94. The van der Waals surface area contributed by atoms with Crippen molar-refractivity contribution in [3.8, 4) is 0 Å². The molecule has 0 aliphatic carbocycles. The number of nitrogens with two attached hydrogens (primary N) is 2. The molecule has 0 amide bonds. The molecule has 0 bridgehead atoms. The highest BCUT2D eigenvalue weighted by Gasteiger charge is 2.32. The fourth-order valence-electron chi connectivity index (χ4n) is 2.00. The Morgan fingerprint density at radius 2 is 2.42 bits per heavy atom. The topological polar surface area (TPSA) is 116 Å². The fourth-order valence-corrected chi connectivity index (χ4v) is 2.00. The van der Waals surface area contributed by atoms with Gasteiger partial charge in [-0.25, -0.2) is 4.79 Å². The number of hydrogen-bond acceptors (Lipinski definition) is 6. The lowest BCUT2D eigenvalue weighted by atomic mass is 10.2. The molecule has 104 valence electrons. The minimum atomic E-state index is -0.586. The fraction of sp³-hybridized carbons (Fsp3) is 0.500. The van der Waals surface area contributed by atoms with E-state index in [0.29, 0.717) is 18.5 Å². The van der Waals surface area contributed by atoms with E-state index in [2.05, 4.69) is 4.98 Å². The number of rotatable bonds is 3. The van der Waals surface area contributed by atoms with Gasteiger partial charge in [-0.05, 0) is 6.92 Å². The molecule has 1 aliphatic rings. The van der Waals surface area contributed by atoms with Crippen molar-refractivity contribution in [3.05, 3.63) is 28.3 Å². The van der Waals surface area contributed by atoms with Crippen molar-refractivity contribution in [2.24, 2.45) is 5.73 Å². The Balaban J connectivity index is 2.35. The molecule has 1 fully saturated rings. The van der Waals surface area contributed by atoms with Gasteiger partial charge in [-0.15, -0.1) is 0 Å². The predicted octanol–water partition coefficient (Wildman–Crippen LogP) is -0.534. The van der Waals surface area contributed by atoms with Gasteiger partial charge in [0, 0.05) is 24.7 Å². The van der Waals surface area contributed by atoms with Crippen LogP contribution < -0.4 is 17.2 Å². The van der Waals surface area contributed by atoms with Crippen molar-refractivity contribution in [2.45, 2.75) is 31.8 Å². The lowest BCUT2D eigenvalue weighted by molar-refractivity contribution is -0.0100. The lowest BCUT2D eigenvalue weighted by Gasteiger charge is -2.14. The van der Waals surface area contributed by atoms with Crippen molar-refractivity contribution in [1.82, 2.24) is 9.55 Å². The molecule has 0 aromatic carbocycles. The first-order chi connectivity index (χ1) is 9.02. The van der Waals surface area contributed by atoms with Gasteiger partial charge >= 0.3 is 5.69 Å². The first-order valence-electron chi connectivity index (χ1n) is 6.11. The standard InChI is InChI=1S/C12H18N4O3/c1-7-9(17)5-10(19-7)16-6-8(3-2-4-13)11(14)15-12(16)18/h2-3,6-7,9-10,17H,4-5,13H2,1H3,(H2,14,15,18)/b3-2+. The molecule has 0 radical (unpaired) electrons. The Morgan fingerprint density at radius 1 is 1.68 bits per heavy atom. The molecule has 0 saturated carbocycles. The van der Waals surface area contributed by atoms with E-state index in [1.165, 1.54) is 4.57 Å². The van der Waals surface area contributed by atoms with E-state index in [1.807, 2.05) is 0 Å². The monoisotopic (exact) mass is 266 g/mol. The molecule has 19 heavy (non-hydrogen) atoms. The quantitative estimate of drug-likeness (QED) is 0.677. The van der Waals surface area contributed by atoms with E-state index >= 15 is 0 Å². The summed E-state index contributed by atoms with van der Waals surface area (Å²) in [5.74, 6) is 0.151. The Morgan fingerprint density at radius 3 is 3.00 bits per heavy atom. The molecule has 1 aromatic heterocycles. The number of anilines is 1. The molecule has 7 nitrogen and oxygen atoms in total. The number of nitrogen functional groups attached to an aromatic ring is 1. The Bertz CT molecular complexity index is 530.